The number of halogens is 1. The lowest BCUT2D eigenvalue weighted by Gasteiger charge is -2.20. The summed E-state index contributed by atoms with van der Waals surface area (Å²) in [5.41, 5.74) is 1.07. The number of carbonyl (C=O) groups is 1. The highest BCUT2D eigenvalue weighted by Gasteiger charge is 2.30. The fourth-order valence-corrected chi connectivity index (χ4v) is 2.38. The molecule has 86 valence electrons. The van der Waals surface area contributed by atoms with Gasteiger partial charge in [0.1, 0.15) is 6.04 Å². The van der Waals surface area contributed by atoms with Gasteiger partial charge in [-0.3, -0.25) is 9.69 Å². The van der Waals surface area contributed by atoms with Crippen LogP contribution < -0.4 is 0 Å². The number of hydrogen-bond acceptors (Lipinski definition) is 2. The third-order valence-corrected chi connectivity index (χ3v) is 3.16. The summed E-state index contributed by atoms with van der Waals surface area (Å²) in [7, 11) is 0. The molecule has 1 aliphatic heterocycles. The van der Waals surface area contributed by atoms with E-state index in [2.05, 4.69) is 0 Å². The molecule has 0 saturated carbocycles. The molecular formula is C12H14ClNO2. The first-order valence-corrected chi connectivity index (χ1v) is 5.76. The molecule has 0 aromatic heterocycles. The van der Waals surface area contributed by atoms with Gasteiger partial charge in [0.2, 0.25) is 0 Å². The number of aliphatic carboxylic acids is 1. The molecule has 1 heterocycles. The standard InChI is InChI=1S/C12H14ClNO2/c13-10-4-1-3-9(7-10)8-14-6-2-5-11(14)12(15)16/h1,3-4,7,11H,2,5-6,8H2,(H,15,16)/t11-/m1/s1. The normalized spacial score (nSPS) is 21.2. The van der Waals surface area contributed by atoms with Gasteiger partial charge in [-0.1, -0.05) is 23.7 Å². The maximum Gasteiger partial charge on any atom is 0.320 e. The van der Waals surface area contributed by atoms with E-state index in [1.807, 2.05) is 29.2 Å². The fourth-order valence-electron chi connectivity index (χ4n) is 2.16. The Bertz CT molecular complexity index is 394. The van der Waals surface area contributed by atoms with Crippen molar-refractivity contribution >= 4 is 17.6 Å². The van der Waals surface area contributed by atoms with E-state index < -0.39 is 5.97 Å². The molecule has 1 aromatic rings. The van der Waals surface area contributed by atoms with Gasteiger partial charge in [0, 0.05) is 11.6 Å². The maximum atomic E-state index is 11.0. The molecule has 1 atom stereocenters. The third kappa shape index (κ3) is 2.54. The van der Waals surface area contributed by atoms with Gasteiger partial charge in [0.05, 0.1) is 0 Å². The van der Waals surface area contributed by atoms with Gasteiger partial charge in [0.15, 0.2) is 0 Å². The molecule has 3 nitrogen and oxygen atoms in total. The summed E-state index contributed by atoms with van der Waals surface area (Å²) in [4.78, 5) is 13.0. The maximum absolute atomic E-state index is 11.0. The molecule has 0 amide bonds. The summed E-state index contributed by atoms with van der Waals surface area (Å²) in [6.45, 7) is 1.51. The SMILES string of the molecule is O=C(O)[C@H]1CCCN1Cc1cccc(Cl)c1. The molecule has 0 aliphatic carbocycles. The van der Waals surface area contributed by atoms with Gasteiger partial charge in [0.25, 0.3) is 0 Å². The Morgan fingerprint density at radius 2 is 2.38 bits per heavy atom. The molecule has 0 unspecified atom stereocenters. The number of carboxylic acid groups (broad SMARTS) is 1. The molecule has 2 rings (SSSR count). The lowest BCUT2D eigenvalue weighted by atomic mass is 10.2. The fraction of sp³-hybridized carbons (Fsp3) is 0.417. The van der Waals surface area contributed by atoms with Gasteiger partial charge in [-0.15, -0.1) is 0 Å². The summed E-state index contributed by atoms with van der Waals surface area (Å²) in [5, 5.41) is 9.75. The van der Waals surface area contributed by atoms with Crippen LogP contribution in [0.5, 0.6) is 0 Å². The van der Waals surface area contributed by atoms with Crippen molar-refractivity contribution < 1.29 is 9.90 Å². The van der Waals surface area contributed by atoms with Crippen molar-refractivity contribution in [2.45, 2.75) is 25.4 Å². The Kier molecular flexibility index (Phi) is 3.46. The molecule has 1 aromatic carbocycles. The van der Waals surface area contributed by atoms with Gasteiger partial charge >= 0.3 is 5.97 Å². The summed E-state index contributed by atoms with van der Waals surface area (Å²) < 4.78 is 0. The Hall–Kier alpha value is -1.06. The second-order valence-corrected chi connectivity index (χ2v) is 4.53. The molecule has 0 spiro atoms. The van der Waals surface area contributed by atoms with Crippen LogP contribution in [0.25, 0.3) is 0 Å². The van der Waals surface area contributed by atoms with E-state index in [1.165, 1.54) is 0 Å². The van der Waals surface area contributed by atoms with E-state index in [0.29, 0.717) is 11.6 Å². The predicted octanol–water partition coefficient (Wildman–Crippen LogP) is 2.39. The molecule has 0 radical (unpaired) electrons. The molecule has 16 heavy (non-hydrogen) atoms. The summed E-state index contributed by atoms with van der Waals surface area (Å²) in [5.74, 6) is -0.723. The van der Waals surface area contributed by atoms with Gasteiger partial charge in [-0.25, -0.2) is 0 Å². The van der Waals surface area contributed by atoms with E-state index in [4.69, 9.17) is 16.7 Å². The van der Waals surface area contributed by atoms with Crippen LogP contribution in [0.1, 0.15) is 18.4 Å². The highest BCUT2D eigenvalue weighted by atomic mass is 35.5. The molecule has 1 aliphatic rings. The first-order chi connectivity index (χ1) is 7.66. The van der Waals surface area contributed by atoms with Crippen LogP contribution in [0.4, 0.5) is 0 Å². The first kappa shape index (κ1) is 11.4. The average molecular weight is 240 g/mol. The number of rotatable bonds is 3. The zero-order valence-corrected chi connectivity index (χ0v) is 9.65. The summed E-state index contributed by atoms with van der Waals surface area (Å²) >= 11 is 5.89. The van der Waals surface area contributed by atoms with Gasteiger partial charge < -0.3 is 5.11 Å². The van der Waals surface area contributed by atoms with E-state index in [9.17, 15) is 4.79 Å². The van der Waals surface area contributed by atoms with Crippen LogP contribution in [0.15, 0.2) is 24.3 Å². The minimum Gasteiger partial charge on any atom is -0.480 e. The second kappa shape index (κ2) is 4.85. The molecular weight excluding hydrogens is 226 g/mol. The first-order valence-electron chi connectivity index (χ1n) is 5.38. The number of nitrogens with zero attached hydrogens (tertiary/aromatic N) is 1. The number of carboxylic acids is 1. The van der Waals surface area contributed by atoms with Crippen molar-refractivity contribution in [3.8, 4) is 0 Å². The summed E-state index contributed by atoms with van der Waals surface area (Å²) in [6, 6.07) is 7.24. The third-order valence-electron chi connectivity index (χ3n) is 2.92. The highest BCUT2D eigenvalue weighted by Crippen LogP contribution is 2.21. The summed E-state index contributed by atoms with van der Waals surface area (Å²) in [6.07, 6.45) is 1.70. The Labute approximate surface area is 99.6 Å². The van der Waals surface area contributed by atoms with E-state index >= 15 is 0 Å². The van der Waals surface area contributed by atoms with Gasteiger partial charge in [-0.2, -0.15) is 0 Å². The van der Waals surface area contributed by atoms with Crippen LogP contribution in [-0.2, 0) is 11.3 Å². The number of hydrogen-bond donors (Lipinski definition) is 1. The van der Waals surface area contributed by atoms with E-state index in [1.54, 1.807) is 0 Å². The molecule has 4 heteroatoms. The highest BCUT2D eigenvalue weighted by molar-refractivity contribution is 6.30. The number of likely N-dealkylation sites (tertiary alicyclic amines) is 1. The lowest BCUT2D eigenvalue weighted by Crippen LogP contribution is -2.35. The monoisotopic (exact) mass is 239 g/mol. The smallest absolute Gasteiger partial charge is 0.320 e. The van der Waals surface area contributed by atoms with Crippen molar-refractivity contribution in [3.63, 3.8) is 0 Å². The minimum absolute atomic E-state index is 0.334. The lowest BCUT2D eigenvalue weighted by molar-refractivity contribution is -0.142. The van der Waals surface area contributed by atoms with Crippen LogP contribution >= 0.6 is 11.6 Å². The Morgan fingerprint density at radius 1 is 1.56 bits per heavy atom. The van der Waals surface area contributed by atoms with Crippen LogP contribution in [-0.4, -0.2) is 28.6 Å². The topological polar surface area (TPSA) is 40.5 Å². The van der Waals surface area contributed by atoms with Crippen molar-refractivity contribution in [3.05, 3.63) is 34.9 Å². The average Bonchev–Trinajstić information content (AvgIpc) is 2.66. The number of benzene rings is 1. The zero-order chi connectivity index (χ0) is 11.5. The van der Waals surface area contributed by atoms with Crippen LogP contribution in [0, 0.1) is 0 Å². The Morgan fingerprint density at radius 3 is 3.06 bits per heavy atom. The molecule has 1 N–H and O–H groups in total. The Balaban J connectivity index is 2.06. The largest absolute Gasteiger partial charge is 0.480 e. The van der Waals surface area contributed by atoms with Crippen molar-refractivity contribution in [1.82, 2.24) is 4.90 Å². The molecule has 1 saturated heterocycles. The minimum atomic E-state index is -0.723. The quantitative estimate of drug-likeness (QED) is 0.881. The molecule has 1 fully saturated rings. The van der Waals surface area contributed by atoms with Crippen LogP contribution in [0.3, 0.4) is 0 Å². The zero-order valence-electron chi connectivity index (χ0n) is 8.90. The van der Waals surface area contributed by atoms with Crippen molar-refractivity contribution in [2.24, 2.45) is 0 Å². The van der Waals surface area contributed by atoms with Crippen molar-refractivity contribution in [2.75, 3.05) is 6.54 Å². The molecule has 0 bridgehead atoms. The predicted molar refractivity (Wildman–Crippen MR) is 62.5 cm³/mol. The van der Waals surface area contributed by atoms with E-state index in [-0.39, 0.29) is 6.04 Å². The second-order valence-electron chi connectivity index (χ2n) is 4.10. The van der Waals surface area contributed by atoms with E-state index in [0.717, 1.165) is 24.9 Å². The van der Waals surface area contributed by atoms with Crippen LogP contribution in [0.2, 0.25) is 5.02 Å². The van der Waals surface area contributed by atoms with Gasteiger partial charge in [-0.05, 0) is 37.1 Å². The van der Waals surface area contributed by atoms with Crippen molar-refractivity contribution in [1.29, 1.82) is 0 Å².